The fourth-order valence-corrected chi connectivity index (χ4v) is 1.60. The highest BCUT2D eigenvalue weighted by molar-refractivity contribution is 5.80. The van der Waals surface area contributed by atoms with E-state index in [4.69, 9.17) is 0 Å². The van der Waals surface area contributed by atoms with Gasteiger partial charge in [0.25, 0.3) is 0 Å². The Kier molecular flexibility index (Phi) is 3.08. The highest BCUT2D eigenvalue weighted by Gasteiger charge is 2.14. The van der Waals surface area contributed by atoms with E-state index in [1.807, 2.05) is 19.9 Å². The summed E-state index contributed by atoms with van der Waals surface area (Å²) in [6, 6.07) is 5.31. The number of hydrogen-bond acceptors (Lipinski definition) is 3. The average molecular weight is 233 g/mol. The van der Waals surface area contributed by atoms with Crippen molar-refractivity contribution in [2.24, 2.45) is 5.92 Å². The SMILES string of the molecule is CCC(C)C(=O)Cn1nc2ccccn2c1=O. The Hall–Kier alpha value is -1.91. The summed E-state index contributed by atoms with van der Waals surface area (Å²) in [5, 5.41) is 4.12. The van der Waals surface area contributed by atoms with Gasteiger partial charge in [0, 0.05) is 12.1 Å². The molecule has 2 rings (SSSR count). The van der Waals surface area contributed by atoms with Crippen LogP contribution >= 0.6 is 0 Å². The molecule has 17 heavy (non-hydrogen) atoms. The van der Waals surface area contributed by atoms with Crippen molar-refractivity contribution in [1.29, 1.82) is 0 Å². The quantitative estimate of drug-likeness (QED) is 0.795. The second-order valence-electron chi connectivity index (χ2n) is 4.14. The van der Waals surface area contributed by atoms with Gasteiger partial charge in [-0.25, -0.2) is 9.48 Å². The third-order valence-electron chi connectivity index (χ3n) is 2.96. The van der Waals surface area contributed by atoms with E-state index in [1.165, 1.54) is 9.08 Å². The number of carbonyl (C=O) groups is 1. The van der Waals surface area contributed by atoms with Crippen LogP contribution in [0.1, 0.15) is 20.3 Å². The van der Waals surface area contributed by atoms with Crippen LogP contribution in [0.15, 0.2) is 29.2 Å². The lowest BCUT2D eigenvalue weighted by molar-refractivity contribution is -0.123. The molecule has 0 aliphatic heterocycles. The van der Waals surface area contributed by atoms with Crippen molar-refractivity contribution >= 4 is 11.4 Å². The van der Waals surface area contributed by atoms with Crippen LogP contribution in [0.3, 0.4) is 0 Å². The number of fused-ring (bicyclic) bond motifs is 1. The summed E-state index contributed by atoms with van der Waals surface area (Å²) in [6.45, 7) is 3.87. The van der Waals surface area contributed by atoms with Gasteiger partial charge in [-0.2, -0.15) is 0 Å². The molecule has 1 atom stereocenters. The third kappa shape index (κ3) is 2.13. The maximum atomic E-state index is 11.9. The largest absolute Gasteiger partial charge is 0.350 e. The Morgan fingerprint density at radius 3 is 2.88 bits per heavy atom. The van der Waals surface area contributed by atoms with E-state index >= 15 is 0 Å². The Balaban J connectivity index is 2.34. The smallest absolute Gasteiger partial charge is 0.297 e. The number of nitrogens with zero attached hydrogens (tertiary/aromatic N) is 3. The maximum absolute atomic E-state index is 11.9. The van der Waals surface area contributed by atoms with Gasteiger partial charge in [-0.1, -0.05) is 19.9 Å². The number of pyridine rings is 1. The molecule has 0 fully saturated rings. The van der Waals surface area contributed by atoms with Crippen LogP contribution in [-0.4, -0.2) is 20.0 Å². The van der Waals surface area contributed by atoms with Crippen molar-refractivity contribution in [3.05, 3.63) is 34.9 Å². The summed E-state index contributed by atoms with van der Waals surface area (Å²) in [5.74, 6) is 0.00437. The minimum Gasteiger partial charge on any atom is -0.297 e. The molecule has 0 amide bonds. The first-order valence-electron chi connectivity index (χ1n) is 5.70. The van der Waals surface area contributed by atoms with Gasteiger partial charge in [-0.3, -0.25) is 9.20 Å². The van der Waals surface area contributed by atoms with E-state index in [0.29, 0.717) is 5.65 Å². The molecule has 0 aliphatic rings. The lowest BCUT2D eigenvalue weighted by Crippen LogP contribution is -2.27. The summed E-state index contributed by atoms with van der Waals surface area (Å²) in [5.41, 5.74) is 0.298. The Morgan fingerprint density at radius 2 is 2.24 bits per heavy atom. The molecule has 2 aromatic heterocycles. The fraction of sp³-hybridized carbons (Fsp3) is 0.417. The van der Waals surface area contributed by atoms with E-state index in [9.17, 15) is 9.59 Å². The maximum Gasteiger partial charge on any atom is 0.350 e. The minimum atomic E-state index is -0.266. The minimum absolute atomic E-state index is 0.0355. The fourth-order valence-electron chi connectivity index (χ4n) is 1.60. The predicted octanol–water partition coefficient (Wildman–Crippen LogP) is 1.11. The molecule has 5 nitrogen and oxygen atoms in total. The van der Waals surface area contributed by atoms with E-state index < -0.39 is 0 Å². The number of carbonyl (C=O) groups excluding carboxylic acids is 1. The van der Waals surface area contributed by atoms with Gasteiger partial charge in [0.05, 0.1) is 0 Å². The van der Waals surface area contributed by atoms with E-state index in [1.54, 1.807) is 18.3 Å². The molecule has 5 heteroatoms. The summed E-state index contributed by atoms with van der Waals surface area (Å²) in [4.78, 5) is 23.6. The monoisotopic (exact) mass is 233 g/mol. The van der Waals surface area contributed by atoms with Crippen molar-refractivity contribution < 1.29 is 4.79 Å². The van der Waals surface area contributed by atoms with E-state index in [-0.39, 0.29) is 23.9 Å². The molecule has 0 radical (unpaired) electrons. The first-order valence-corrected chi connectivity index (χ1v) is 5.70. The molecule has 0 N–H and O–H groups in total. The van der Waals surface area contributed by atoms with Crippen LogP contribution in [0.5, 0.6) is 0 Å². The Bertz CT molecular complexity index is 597. The van der Waals surface area contributed by atoms with E-state index in [0.717, 1.165) is 6.42 Å². The first-order chi connectivity index (χ1) is 8.13. The third-order valence-corrected chi connectivity index (χ3v) is 2.96. The highest BCUT2D eigenvalue weighted by atomic mass is 16.2. The molecular formula is C12H15N3O2. The molecule has 0 aliphatic carbocycles. The van der Waals surface area contributed by atoms with E-state index in [2.05, 4.69) is 5.10 Å². The number of hydrogen-bond donors (Lipinski definition) is 0. The van der Waals surface area contributed by atoms with Gasteiger partial charge in [-0.15, -0.1) is 5.10 Å². The Labute approximate surface area is 98.7 Å². The standard InChI is InChI=1S/C12H15N3O2/c1-3-9(2)10(16)8-15-12(17)14-7-5-4-6-11(14)13-15/h4-7,9H,3,8H2,1-2H3. The zero-order chi connectivity index (χ0) is 12.4. The normalized spacial score (nSPS) is 12.8. The van der Waals surface area contributed by atoms with Crippen molar-refractivity contribution in [3.8, 4) is 0 Å². The van der Waals surface area contributed by atoms with Gasteiger partial charge in [-0.05, 0) is 18.6 Å². The zero-order valence-corrected chi connectivity index (χ0v) is 9.96. The van der Waals surface area contributed by atoms with Crippen LogP contribution in [0, 0.1) is 5.92 Å². The van der Waals surface area contributed by atoms with Crippen LogP contribution in [0.2, 0.25) is 0 Å². The molecule has 0 saturated carbocycles. The lowest BCUT2D eigenvalue weighted by Gasteiger charge is -2.05. The molecule has 0 saturated heterocycles. The molecule has 90 valence electrons. The molecule has 2 aromatic rings. The van der Waals surface area contributed by atoms with Gasteiger partial charge in [0.1, 0.15) is 6.54 Å². The van der Waals surface area contributed by atoms with Crippen molar-refractivity contribution in [3.63, 3.8) is 0 Å². The summed E-state index contributed by atoms with van der Waals surface area (Å²) in [6.07, 6.45) is 2.43. The molecule has 0 bridgehead atoms. The Morgan fingerprint density at radius 1 is 1.47 bits per heavy atom. The van der Waals surface area contributed by atoms with Crippen LogP contribution in [0.25, 0.3) is 5.65 Å². The summed E-state index contributed by atoms with van der Waals surface area (Å²) in [7, 11) is 0. The van der Waals surface area contributed by atoms with Gasteiger partial charge in [0.2, 0.25) is 0 Å². The second-order valence-corrected chi connectivity index (χ2v) is 4.14. The van der Waals surface area contributed by atoms with Crippen molar-refractivity contribution in [1.82, 2.24) is 14.2 Å². The highest BCUT2D eigenvalue weighted by Crippen LogP contribution is 2.03. The molecule has 0 spiro atoms. The van der Waals surface area contributed by atoms with Crippen LogP contribution in [-0.2, 0) is 11.3 Å². The summed E-state index contributed by atoms with van der Waals surface area (Å²) < 4.78 is 2.66. The van der Waals surface area contributed by atoms with Gasteiger partial charge >= 0.3 is 5.69 Å². The second kappa shape index (κ2) is 4.53. The molecule has 0 aromatic carbocycles. The molecule has 1 unspecified atom stereocenters. The number of rotatable bonds is 4. The zero-order valence-electron chi connectivity index (χ0n) is 9.96. The number of Topliss-reactive ketones (excluding diaryl/α,β-unsaturated/α-hetero) is 1. The topological polar surface area (TPSA) is 56.4 Å². The predicted molar refractivity (Wildman–Crippen MR) is 63.9 cm³/mol. The number of ketones is 1. The van der Waals surface area contributed by atoms with Crippen LogP contribution in [0.4, 0.5) is 0 Å². The van der Waals surface area contributed by atoms with Crippen LogP contribution < -0.4 is 5.69 Å². The first kappa shape index (κ1) is 11.6. The lowest BCUT2D eigenvalue weighted by atomic mass is 10.0. The van der Waals surface area contributed by atoms with Crippen molar-refractivity contribution in [2.45, 2.75) is 26.8 Å². The average Bonchev–Trinajstić information content (AvgIpc) is 2.66. The summed E-state index contributed by atoms with van der Waals surface area (Å²) >= 11 is 0. The molecular weight excluding hydrogens is 218 g/mol. The van der Waals surface area contributed by atoms with Gasteiger partial charge in [0.15, 0.2) is 11.4 Å². The number of aromatic nitrogens is 3. The molecule has 2 heterocycles. The van der Waals surface area contributed by atoms with Crippen molar-refractivity contribution in [2.75, 3.05) is 0 Å². The van der Waals surface area contributed by atoms with Gasteiger partial charge < -0.3 is 0 Å².